The maximum absolute atomic E-state index is 13.6. The Balaban J connectivity index is 0.000000748. The molecule has 10 heteroatoms. The Morgan fingerprint density at radius 3 is 2.32 bits per heavy atom. The molecule has 1 aromatic heterocycles. The zero-order chi connectivity index (χ0) is 28.0. The number of hydrogen-bond acceptors (Lipinski definition) is 5. The summed E-state index contributed by atoms with van der Waals surface area (Å²) in [6, 6.07) is 7.64. The largest absolute Gasteiger partial charge is 0.371 e. The molecule has 1 aliphatic carbocycles. The summed E-state index contributed by atoms with van der Waals surface area (Å²) in [5.74, 6) is 0.251. The fourth-order valence-corrected chi connectivity index (χ4v) is 5.36. The van der Waals surface area contributed by atoms with Crippen LogP contribution in [0.3, 0.4) is 0 Å². The molecule has 6 nitrogen and oxygen atoms in total. The maximum Gasteiger partial charge on any atom is 0.258 e. The number of piperidine rings is 2. The van der Waals surface area contributed by atoms with Crippen LogP contribution in [-0.2, 0) is 0 Å². The predicted molar refractivity (Wildman–Crippen MR) is 144 cm³/mol. The lowest BCUT2D eigenvalue weighted by atomic mass is 10.0. The molecule has 0 bridgehead atoms. The van der Waals surface area contributed by atoms with Crippen molar-refractivity contribution in [2.75, 3.05) is 48.2 Å². The van der Waals surface area contributed by atoms with Gasteiger partial charge in [0.15, 0.2) is 0 Å². The van der Waals surface area contributed by atoms with Crippen LogP contribution in [0.2, 0.25) is 0 Å². The number of fused-ring (bicyclic) bond motifs is 1. The molecule has 3 heterocycles. The van der Waals surface area contributed by atoms with E-state index in [4.69, 9.17) is 0 Å². The highest BCUT2D eigenvalue weighted by Gasteiger charge is 2.49. The zero-order valence-electron chi connectivity index (χ0n) is 22.9. The van der Waals surface area contributed by atoms with Crippen molar-refractivity contribution in [3.8, 4) is 0 Å². The van der Waals surface area contributed by atoms with Gasteiger partial charge < -0.3 is 15.1 Å². The van der Waals surface area contributed by atoms with Crippen molar-refractivity contribution in [3.63, 3.8) is 0 Å². The minimum Gasteiger partial charge on any atom is -0.371 e. The number of hydrogen-bond donors (Lipinski definition) is 1. The molecule has 2 aliphatic heterocycles. The number of alkyl halides is 4. The van der Waals surface area contributed by atoms with E-state index in [-0.39, 0.29) is 31.8 Å². The number of aromatic nitrogens is 2. The Labute approximate surface area is 222 Å². The summed E-state index contributed by atoms with van der Waals surface area (Å²) in [5, 5.41) is 2.93. The van der Waals surface area contributed by atoms with Gasteiger partial charge in [-0.3, -0.25) is 4.79 Å². The van der Waals surface area contributed by atoms with Gasteiger partial charge >= 0.3 is 0 Å². The van der Waals surface area contributed by atoms with Gasteiger partial charge in [0, 0.05) is 56.5 Å². The van der Waals surface area contributed by atoms with Crippen LogP contribution in [0.1, 0.15) is 61.6 Å². The molecule has 1 N–H and O–H groups in total. The van der Waals surface area contributed by atoms with Crippen molar-refractivity contribution < 1.29 is 22.4 Å². The fraction of sp³-hybridized carbons (Fsp3) is 0.607. The highest BCUT2D eigenvalue weighted by Crippen LogP contribution is 2.51. The van der Waals surface area contributed by atoms with E-state index < -0.39 is 12.9 Å². The van der Waals surface area contributed by atoms with Gasteiger partial charge in [-0.25, -0.2) is 22.5 Å². The van der Waals surface area contributed by atoms with Gasteiger partial charge in [0.05, 0.1) is 5.56 Å². The summed E-state index contributed by atoms with van der Waals surface area (Å²) in [7, 11) is 0. The van der Waals surface area contributed by atoms with Crippen LogP contribution in [0, 0.1) is 31.6 Å². The molecular formula is C28H39F4N5O. The van der Waals surface area contributed by atoms with Crippen LogP contribution in [0.25, 0.3) is 0 Å². The number of nitrogens with one attached hydrogen (secondary N) is 1. The number of rotatable bonds is 4. The van der Waals surface area contributed by atoms with Crippen LogP contribution in [0.4, 0.5) is 35.0 Å². The molecule has 3 fully saturated rings. The van der Waals surface area contributed by atoms with E-state index in [1.54, 1.807) is 11.0 Å². The molecule has 3 unspecified atom stereocenters. The third-order valence-electron chi connectivity index (χ3n) is 7.52. The van der Waals surface area contributed by atoms with Gasteiger partial charge in [-0.05, 0) is 55.7 Å². The number of nitrogens with zero attached hydrogens (tertiary/aromatic N) is 4. The lowest BCUT2D eigenvalue weighted by Crippen LogP contribution is -2.40. The minimum atomic E-state index is -2.63. The van der Waals surface area contributed by atoms with Crippen molar-refractivity contribution in [2.24, 2.45) is 17.8 Å². The van der Waals surface area contributed by atoms with Gasteiger partial charge in [0.1, 0.15) is 5.82 Å². The zero-order valence-corrected chi connectivity index (χ0v) is 22.9. The number of halogens is 4. The van der Waals surface area contributed by atoms with Crippen LogP contribution in [0.15, 0.2) is 24.3 Å². The van der Waals surface area contributed by atoms with Crippen LogP contribution < -0.4 is 15.1 Å². The normalized spacial score (nSPS) is 23.2. The first-order valence-electron chi connectivity index (χ1n) is 13.4. The summed E-state index contributed by atoms with van der Waals surface area (Å²) in [5.41, 5.74) is 3.40. The predicted octanol–water partition coefficient (Wildman–Crippen LogP) is 6.58. The summed E-state index contributed by atoms with van der Waals surface area (Å²) in [6.45, 7) is 10.8. The third-order valence-corrected chi connectivity index (χ3v) is 7.52. The molecule has 210 valence electrons. The topological polar surface area (TPSA) is 61.4 Å². The summed E-state index contributed by atoms with van der Waals surface area (Å²) in [4.78, 5) is 26.3. The second-order valence-electron chi connectivity index (χ2n) is 10.0. The molecular weight excluding hydrogens is 498 g/mol. The van der Waals surface area contributed by atoms with Crippen molar-refractivity contribution in [3.05, 3.63) is 41.1 Å². The van der Waals surface area contributed by atoms with Crippen molar-refractivity contribution >= 4 is 23.4 Å². The maximum atomic E-state index is 13.6. The molecule has 3 aliphatic rings. The number of benzene rings is 1. The van der Waals surface area contributed by atoms with E-state index >= 15 is 0 Å². The van der Waals surface area contributed by atoms with Gasteiger partial charge in [-0.15, -0.1) is 0 Å². The smallest absolute Gasteiger partial charge is 0.258 e. The molecule has 1 amide bonds. The van der Waals surface area contributed by atoms with Crippen LogP contribution in [-0.4, -0.2) is 54.9 Å². The first-order valence-corrected chi connectivity index (χ1v) is 13.4. The number of carbonyl (C=O) groups excluding carboxylic acids is 1. The van der Waals surface area contributed by atoms with E-state index in [1.165, 1.54) is 6.42 Å². The Hall–Kier alpha value is -2.91. The monoisotopic (exact) mass is 537 g/mol. The number of amides is 1. The van der Waals surface area contributed by atoms with Gasteiger partial charge in [0.2, 0.25) is 12.9 Å². The van der Waals surface area contributed by atoms with Gasteiger partial charge in [0.25, 0.3) is 11.8 Å². The van der Waals surface area contributed by atoms with Crippen molar-refractivity contribution in [2.45, 2.75) is 59.8 Å². The minimum absolute atomic E-state index is 0.196. The molecule has 38 heavy (non-hydrogen) atoms. The molecule has 5 rings (SSSR count). The van der Waals surface area contributed by atoms with E-state index in [9.17, 15) is 22.4 Å². The van der Waals surface area contributed by atoms with Gasteiger partial charge in [-0.2, -0.15) is 4.98 Å². The highest BCUT2D eigenvalue weighted by molar-refractivity contribution is 6.08. The Kier molecular flexibility index (Phi) is 9.95. The van der Waals surface area contributed by atoms with Crippen LogP contribution >= 0.6 is 0 Å². The molecule has 0 radical (unpaired) electrons. The van der Waals surface area contributed by atoms with E-state index in [0.29, 0.717) is 23.0 Å². The van der Waals surface area contributed by atoms with Crippen molar-refractivity contribution in [1.82, 2.24) is 9.97 Å². The molecule has 1 aromatic carbocycles. The first-order chi connectivity index (χ1) is 18.1. The summed E-state index contributed by atoms with van der Waals surface area (Å²) >= 11 is 0. The standard InChI is InChI=1S/C25H31F2N5O.C2H6.CH2F2/c1-15-4-5-19(21(12-15)32-9-6-18-17(3)20(18)14-32)23(33)29-22-13-16(2)28-24(30-22)31-10-7-25(26,27)8-11-31;1-2;2-1-3/h4-5,12-13,17-18,20H,6-11,14H2,1-3H3,(H,28,29,30,33);1-2H3;1H2. The fourth-order valence-electron chi connectivity index (χ4n) is 5.36. The highest BCUT2D eigenvalue weighted by atomic mass is 19.3. The lowest BCUT2D eigenvalue weighted by molar-refractivity contribution is -0.0222. The second kappa shape index (κ2) is 12.8. The average molecular weight is 538 g/mol. The SMILES string of the molecule is CC.Cc1ccc(C(=O)Nc2cc(C)nc(N3CCC(F)(F)CC3)n2)c(N2CCC3C(C)C3C2)c1.FCF. The Bertz CT molecular complexity index is 1090. The molecule has 2 aromatic rings. The van der Waals surface area contributed by atoms with Crippen LogP contribution in [0.5, 0.6) is 0 Å². The molecule has 2 saturated heterocycles. The first kappa shape index (κ1) is 29.6. The summed E-state index contributed by atoms with van der Waals surface area (Å²) in [6.07, 6.45) is 0.744. The number of carbonyl (C=O) groups is 1. The Morgan fingerprint density at radius 1 is 1.03 bits per heavy atom. The van der Waals surface area contributed by atoms with E-state index in [0.717, 1.165) is 42.1 Å². The number of aryl methyl sites for hydroxylation is 2. The van der Waals surface area contributed by atoms with Gasteiger partial charge in [-0.1, -0.05) is 26.8 Å². The second-order valence-corrected chi connectivity index (χ2v) is 10.0. The molecule has 1 saturated carbocycles. The molecule has 0 spiro atoms. The number of anilines is 3. The average Bonchev–Trinajstić information content (AvgIpc) is 3.53. The van der Waals surface area contributed by atoms with E-state index in [2.05, 4.69) is 33.2 Å². The van der Waals surface area contributed by atoms with Crippen molar-refractivity contribution in [1.29, 1.82) is 0 Å². The Morgan fingerprint density at radius 2 is 1.68 bits per heavy atom. The quantitative estimate of drug-likeness (QED) is 0.447. The molecule has 3 atom stereocenters. The lowest BCUT2D eigenvalue weighted by Gasteiger charge is -2.32. The summed E-state index contributed by atoms with van der Waals surface area (Å²) < 4.78 is 46.4. The third kappa shape index (κ3) is 7.14. The van der Waals surface area contributed by atoms with E-state index in [1.807, 2.05) is 39.8 Å².